The van der Waals surface area contributed by atoms with Crippen LogP contribution in [0.15, 0.2) is 45.7 Å². The highest BCUT2D eigenvalue weighted by Crippen LogP contribution is 2.33. The highest BCUT2D eigenvalue weighted by molar-refractivity contribution is 6.46. The molecule has 112 valence electrons. The molecule has 3 rings (SSSR count). The smallest absolute Gasteiger partial charge is 0.196 e. The Bertz CT molecular complexity index is 696. The fourth-order valence-electron chi connectivity index (χ4n) is 2.82. The third-order valence-corrected chi connectivity index (χ3v) is 3.70. The Morgan fingerprint density at radius 3 is 1.59 bits per heavy atom. The molecule has 0 heterocycles. The van der Waals surface area contributed by atoms with Crippen LogP contribution in [0, 0.1) is 0 Å². The summed E-state index contributed by atoms with van der Waals surface area (Å²) in [5.41, 5.74) is 2.25. The monoisotopic (exact) mass is 298 g/mol. The molecular formula is C16H14N2O4. The summed E-state index contributed by atoms with van der Waals surface area (Å²) in [6.45, 7) is 0. The summed E-state index contributed by atoms with van der Waals surface area (Å²) in [7, 11) is 2.82. The van der Waals surface area contributed by atoms with Crippen molar-refractivity contribution in [1.82, 2.24) is 0 Å². The van der Waals surface area contributed by atoms with Crippen LogP contribution in [0.4, 0.5) is 0 Å². The van der Waals surface area contributed by atoms with Gasteiger partial charge in [0.05, 0.1) is 22.6 Å². The van der Waals surface area contributed by atoms with Crippen LogP contribution >= 0.6 is 0 Å². The van der Waals surface area contributed by atoms with Crippen molar-refractivity contribution in [2.45, 2.75) is 12.8 Å². The SMILES string of the molecule is CO/N=C1\CC/C(=N\OC)C2=C1C(=O)c1ccccc1C2=O. The summed E-state index contributed by atoms with van der Waals surface area (Å²) in [5.74, 6) is -0.464. The lowest BCUT2D eigenvalue weighted by Gasteiger charge is -2.25. The Labute approximate surface area is 127 Å². The van der Waals surface area contributed by atoms with E-state index in [1.165, 1.54) is 14.2 Å². The number of oxime groups is 2. The summed E-state index contributed by atoms with van der Waals surface area (Å²) < 4.78 is 0. The summed E-state index contributed by atoms with van der Waals surface area (Å²) in [6.07, 6.45) is 0.937. The average Bonchev–Trinajstić information content (AvgIpc) is 2.54. The molecule has 6 nitrogen and oxygen atoms in total. The van der Waals surface area contributed by atoms with Gasteiger partial charge in [-0.1, -0.05) is 34.6 Å². The third-order valence-electron chi connectivity index (χ3n) is 3.70. The zero-order valence-corrected chi connectivity index (χ0v) is 12.3. The van der Waals surface area contributed by atoms with Crippen molar-refractivity contribution in [2.75, 3.05) is 14.2 Å². The number of rotatable bonds is 2. The van der Waals surface area contributed by atoms with Crippen molar-refractivity contribution < 1.29 is 19.3 Å². The van der Waals surface area contributed by atoms with E-state index < -0.39 is 0 Å². The largest absolute Gasteiger partial charge is 0.399 e. The quantitative estimate of drug-likeness (QED) is 0.784. The van der Waals surface area contributed by atoms with Gasteiger partial charge in [0.2, 0.25) is 0 Å². The molecular weight excluding hydrogens is 284 g/mol. The predicted molar refractivity (Wildman–Crippen MR) is 80.3 cm³/mol. The molecule has 6 heteroatoms. The molecule has 0 aromatic heterocycles. The van der Waals surface area contributed by atoms with Gasteiger partial charge < -0.3 is 9.68 Å². The van der Waals surface area contributed by atoms with Gasteiger partial charge in [0.25, 0.3) is 0 Å². The van der Waals surface area contributed by atoms with Crippen LogP contribution in [0.2, 0.25) is 0 Å². The maximum atomic E-state index is 12.8. The Morgan fingerprint density at radius 2 is 1.23 bits per heavy atom. The van der Waals surface area contributed by atoms with Gasteiger partial charge in [-0.2, -0.15) is 0 Å². The molecule has 0 unspecified atom stereocenters. The van der Waals surface area contributed by atoms with Crippen molar-refractivity contribution in [2.24, 2.45) is 10.3 Å². The number of carbonyl (C=O) groups is 2. The Morgan fingerprint density at radius 1 is 0.818 bits per heavy atom. The van der Waals surface area contributed by atoms with E-state index in [1.807, 2.05) is 0 Å². The first kappa shape index (κ1) is 14.2. The third kappa shape index (κ3) is 2.04. The molecule has 0 saturated heterocycles. The van der Waals surface area contributed by atoms with Gasteiger partial charge in [0.1, 0.15) is 14.2 Å². The van der Waals surface area contributed by atoms with E-state index >= 15 is 0 Å². The van der Waals surface area contributed by atoms with E-state index in [-0.39, 0.29) is 22.7 Å². The molecule has 1 aromatic carbocycles. The molecule has 2 aliphatic rings. The van der Waals surface area contributed by atoms with Gasteiger partial charge in [-0.25, -0.2) is 0 Å². The van der Waals surface area contributed by atoms with Gasteiger partial charge in [-0.3, -0.25) is 9.59 Å². The number of benzene rings is 1. The molecule has 22 heavy (non-hydrogen) atoms. The standard InChI is InChI=1S/C16H14N2O4/c1-21-17-11-7-8-12(18-22-2)14-13(11)15(19)9-5-3-4-6-10(9)16(14)20/h3-6H,7-8H2,1-2H3/b17-11+,18-12+. The highest BCUT2D eigenvalue weighted by Gasteiger charge is 2.39. The second kappa shape index (κ2) is 5.55. The molecule has 0 radical (unpaired) electrons. The Hall–Kier alpha value is -2.76. The number of hydrogen-bond acceptors (Lipinski definition) is 6. The fourth-order valence-corrected chi connectivity index (χ4v) is 2.82. The van der Waals surface area contributed by atoms with Gasteiger partial charge in [0, 0.05) is 11.1 Å². The van der Waals surface area contributed by atoms with E-state index in [1.54, 1.807) is 24.3 Å². The van der Waals surface area contributed by atoms with Crippen molar-refractivity contribution in [3.8, 4) is 0 Å². The molecule has 0 bridgehead atoms. The maximum Gasteiger partial charge on any atom is 0.196 e. The van der Waals surface area contributed by atoms with Gasteiger partial charge in [0.15, 0.2) is 11.6 Å². The molecule has 0 spiro atoms. The second-order valence-corrected chi connectivity index (χ2v) is 4.89. The summed E-state index contributed by atoms with van der Waals surface area (Å²) in [6, 6.07) is 6.75. The van der Waals surface area contributed by atoms with Crippen LogP contribution in [-0.2, 0) is 9.68 Å². The lowest BCUT2D eigenvalue weighted by molar-refractivity contribution is 0.0981. The number of Topliss-reactive ketones (excluding diaryl/α,β-unsaturated/α-hetero) is 2. The van der Waals surface area contributed by atoms with E-state index in [9.17, 15) is 9.59 Å². The Kier molecular flexibility index (Phi) is 3.58. The van der Waals surface area contributed by atoms with Crippen LogP contribution < -0.4 is 0 Å². The Balaban J connectivity index is 2.28. The summed E-state index contributed by atoms with van der Waals surface area (Å²) in [4.78, 5) is 35.2. The van der Waals surface area contributed by atoms with Crippen LogP contribution in [0.5, 0.6) is 0 Å². The number of carbonyl (C=O) groups excluding carboxylic acids is 2. The summed E-state index contributed by atoms with van der Waals surface area (Å²) in [5, 5.41) is 7.82. The number of allylic oxidation sites excluding steroid dienone is 2. The first-order chi connectivity index (χ1) is 10.7. The zero-order valence-electron chi connectivity index (χ0n) is 12.3. The topological polar surface area (TPSA) is 77.3 Å². The first-order valence-corrected chi connectivity index (χ1v) is 6.82. The lowest BCUT2D eigenvalue weighted by Crippen LogP contribution is -2.34. The predicted octanol–water partition coefficient (Wildman–Crippen LogP) is 2.16. The molecule has 2 aliphatic carbocycles. The number of nitrogens with zero attached hydrogens (tertiary/aromatic N) is 2. The number of fused-ring (bicyclic) bond motifs is 1. The van der Waals surface area contributed by atoms with Gasteiger partial charge in [-0.05, 0) is 12.8 Å². The number of ketones is 2. The minimum absolute atomic E-state index is 0.232. The van der Waals surface area contributed by atoms with Crippen LogP contribution in [-0.4, -0.2) is 37.2 Å². The van der Waals surface area contributed by atoms with Crippen LogP contribution in [0.25, 0.3) is 0 Å². The van der Waals surface area contributed by atoms with E-state index in [0.29, 0.717) is 35.4 Å². The number of hydrogen-bond donors (Lipinski definition) is 0. The lowest BCUT2D eigenvalue weighted by atomic mass is 9.75. The van der Waals surface area contributed by atoms with Crippen LogP contribution in [0.3, 0.4) is 0 Å². The molecule has 0 saturated carbocycles. The van der Waals surface area contributed by atoms with Gasteiger partial charge in [-0.15, -0.1) is 0 Å². The van der Waals surface area contributed by atoms with E-state index in [2.05, 4.69) is 10.3 Å². The maximum absolute atomic E-state index is 12.8. The molecule has 0 atom stereocenters. The highest BCUT2D eigenvalue weighted by atomic mass is 16.6. The van der Waals surface area contributed by atoms with Crippen molar-refractivity contribution in [1.29, 1.82) is 0 Å². The van der Waals surface area contributed by atoms with Crippen LogP contribution in [0.1, 0.15) is 33.6 Å². The average molecular weight is 298 g/mol. The minimum Gasteiger partial charge on any atom is -0.399 e. The van der Waals surface area contributed by atoms with Crippen molar-refractivity contribution in [3.05, 3.63) is 46.5 Å². The normalized spacial score (nSPS) is 21.0. The first-order valence-electron chi connectivity index (χ1n) is 6.82. The molecule has 0 N–H and O–H groups in total. The minimum atomic E-state index is -0.232. The molecule has 1 aromatic rings. The van der Waals surface area contributed by atoms with E-state index in [0.717, 1.165) is 0 Å². The molecule has 0 fully saturated rings. The van der Waals surface area contributed by atoms with Crippen molar-refractivity contribution in [3.63, 3.8) is 0 Å². The van der Waals surface area contributed by atoms with Gasteiger partial charge >= 0.3 is 0 Å². The molecule has 0 amide bonds. The fraction of sp³-hybridized carbons (Fsp3) is 0.250. The second-order valence-electron chi connectivity index (χ2n) is 4.89. The summed E-state index contributed by atoms with van der Waals surface area (Å²) >= 11 is 0. The van der Waals surface area contributed by atoms with Crippen molar-refractivity contribution >= 4 is 23.0 Å². The molecule has 0 aliphatic heterocycles. The zero-order chi connectivity index (χ0) is 15.7. The van der Waals surface area contributed by atoms with E-state index in [4.69, 9.17) is 9.68 Å².